The molecule has 0 spiro atoms. The van der Waals surface area contributed by atoms with Crippen molar-refractivity contribution in [2.45, 2.75) is 13.5 Å². The largest absolute Gasteiger partial charge is 0.292 e. The molecule has 0 bridgehead atoms. The maximum atomic E-state index is 13.1. The SMILES string of the molecule is CC(=NNC(=O)c1nn(Cc2ccccc2)c(=O)c2ccccc12)c1ccc2ccccc2c1. The van der Waals surface area contributed by atoms with Crippen LogP contribution in [-0.2, 0) is 6.54 Å². The lowest BCUT2D eigenvalue weighted by atomic mass is 10.0. The minimum absolute atomic E-state index is 0.154. The summed E-state index contributed by atoms with van der Waals surface area (Å²) in [6.45, 7) is 2.11. The van der Waals surface area contributed by atoms with Crippen LogP contribution in [0.25, 0.3) is 21.5 Å². The second-order valence-electron chi connectivity index (χ2n) is 8.04. The maximum Gasteiger partial charge on any atom is 0.292 e. The summed E-state index contributed by atoms with van der Waals surface area (Å²) in [5.74, 6) is -0.474. The highest BCUT2D eigenvalue weighted by Crippen LogP contribution is 2.17. The monoisotopic (exact) mass is 446 g/mol. The molecule has 1 aromatic heterocycles. The average Bonchev–Trinajstić information content (AvgIpc) is 2.89. The maximum absolute atomic E-state index is 13.1. The first-order valence-corrected chi connectivity index (χ1v) is 11.0. The van der Waals surface area contributed by atoms with Gasteiger partial charge < -0.3 is 0 Å². The fraction of sp³-hybridized carbons (Fsp3) is 0.0714. The van der Waals surface area contributed by atoms with E-state index in [2.05, 4.69) is 21.7 Å². The topological polar surface area (TPSA) is 76.3 Å². The molecule has 0 fully saturated rings. The van der Waals surface area contributed by atoms with Gasteiger partial charge in [-0.1, -0.05) is 84.9 Å². The predicted molar refractivity (Wildman–Crippen MR) is 135 cm³/mol. The van der Waals surface area contributed by atoms with Gasteiger partial charge in [0.2, 0.25) is 0 Å². The van der Waals surface area contributed by atoms with Crippen LogP contribution in [0.2, 0.25) is 0 Å². The lowest BCUT2D eigenvalue weighted by Crippen LogP contribution is -2.29. The van der Waals surface area contributed by atoms with E-state index in [1.165, 1.54) is 4.68 Å². The number of rotatable bonds is 5. The molecule has 0 unspecified atom stereocenters. The Morgan fingerprint density at radius 2 is 1.53 bits per heavy atom. The molecule has 166 valence electrons. The number of fused-ring (bicyclic) bond motifs is 2. The molecule has 1 N–H and O–H groups in total. The van der Waals surface area contributed by atoms with Gasteiger partial charge in [-0.2, -0.15) is 10.2 Å². The highest BCUT2D eigenvalue weighted by atomic mass is 16.2. The molecule has 0 aliphatic heterocycles. The molecule has 6 heteroatoms. The minimum Gasteiger partial charge on any atom is -0.267 e. The van der Waals surface area contributed by atoms with Gasteiger partial charge in [-0.15, -0.1) is 0 Å². The van der Waals surface area contributed by atoms with E-state index >= 15 is 0 Å². The molecule has 4 aromatic carbocycles. The van der Waals surface area contributed by atoms with Crippen LogP contribution >= 0.6 is 0 Å². The molecular formula is C28H22N4O2. The zero-order chi connectivity index (χ0) is 23.5. The van der Waals surface area contributed by atoms with Crippen molar-refractivity contribution in [3.63, 3.8) is 0 Å². The number of nitrogens with zero attached hydrogens (tertiary/aromatic N) is 3. The highest BCUT2D eigenvalue weighted by molar-refractivity contribution is 6.06. The van der Waals surface area contributed by atoms with Crippen molar-refractivity contribution in [2.75, 3.05) is 0 Å². The van der Waals surface area contributed by atoms with E-state index in [0.29, 0.717) is 16.5 Å². The van der Waals surface area contributed by atoms with E-state index in [0.717, 1.165) is 21.9 Å². The minimum atomic E-state index is -0.474. The summed E-state index contributed by atoms with van der Waals surface area (Å²) in [7, 11) is 0. The van der Waals surface area contributed by atoms with Crippen molar-refractivity contribution in [3.8, 4) is 0 Å². The molecule has 34 heavy (non-hydrogen) atoms. The first kappa shape index (κ1) is 21.3. The predicted octanol–water partition coefficient (Wildman–Crippen LogP) is 4.75. The average molecular weight is 447 g/mol. The summed E-state index contributed by atoms with van der Waals surface area (Å²) >= 11 is 0. The fourth-order valence-electron chi connectivity index (χ4n) is 3.93. The Morgan fingerprint density at radius 3 is 2.32 bits per heavy atom. The third-order valence-electron chi connectivity index (χ3n) is 5.75. The van der Waals surface area contributed by atoms with Crippen molar-refractivity contribution in [3.05, 3.63) is 124 Å². The zero-order valence-electron chi connectivity index (χ0n) is 18.6. The van der Waals surface area contributed by atoms with E-state index in [4.69, 9.17) is 0 Å². The van der Waals surface area contributed by atoms with E-state index in [-0.39, 0.29) is 17.8 Å². The van der Waals surface area contributed by atoms with Crippen molar-refractivity contribution in [1.82, 2.24) is 15.2 Å². The van der Waals surface area contributed by atoms with Crippen LogP contribution in [0.3, 0.4) is 0 Å². The summed E-state index contributed by atoms with van der Waals surface area (Å²) in [6.07, 6.45) is 0. The number of carbonyl (C=O) groups is 1. The third-order valence-corrected chi connectivity index (χ3v) is 5.75. The van der Waals surface area contributed by atoms with Gasteiger partial charge in [-0.25, -0.2) is 10.1 Å². The number of hydrazone groups is 1. The summed E-state index contributed by atoms with van der Waals surface area (Å²) in [5.41, 5.74) is 5.03. The van der Waals surface area contributed by atoms with E-state index in [1.807, 2.05) is 73.7 Å². The van der Waals surface area contributed by atoms with E-state index in [9.17, 15) is 9.59 Å². The van der Waals surface area contributed by atoms with Crippen molar-refractivity contribution < 1.29 is 4.79 Å². The number of amides is 1. The van der Waals surface area contributed by atoms with Crippen molar-refractivity contribution >= 4 is 33.2 Å². The van der Waals surface area contributed by atoms with E-state index in [1.54, 1.807) is 24.3 Å². The smallest absolute Gasteiger partial charge is 0.267 e. The standard InChI is InChI=1S/C28H22N4O2/c1-19(22-16-15-21-11-5-6-12-23(21)17-22)29-30-27(33)26-24-13-7-8-14-25(24)28(34)32(31-26)18-20-9-3-2-4-10-20/h2-17H,18H2,1H3,(H,30,33). The number of aromatic nitrogens is 2. The lowest BCUT2D eigenvalue weighted by molar-refractivity contribution is 0.0949. The highest BCUT2D eigenvalue weighted by Gasteiger charge is 2.17. The fourth-order valence-corrected chi connectivity index (χ4v) is 3.93. The van der Waals surface area contributed by atoms with Crippen molar-refractivity contribution in [1.29, 1.82) is 0 Å². The molecule has 0 saturated heterocycles. The molecule has 0 atom stereocenters. The van der Waals surface area contributed by atoms with Crippen LogP contribution in [0.4, 0.5) is 0 Å². The van der Waals surface area contributed by atoms with Crippen LogP contribution in [0.5, 0.6) is 0 Å². The molecule has 0 radical (unpaired) electrons. The third kappa shape index (κ3) is 4.21. The number of carbonyl (C=O) groups excluding carboxylic acids is 1. The van der Waals surface area contributed by atoms with Crippen molar-refractivity contribution in [2.24, 2.45) is 5.10 Å². The number of hydrogen-bond donors (Lipinski definition) is 1. The second kappa shape index (κ2) is 9.11. The molecular weight excluding hydrogens is 424 g/mol. The number of benzene rings is 4. The molecule has 6 nitrogen and oxygen atoms in total. The molecule has 0 aliphatic rings. The van der Waals surface area contributed by atoms with Gasteiger partial charge in [0.1, 0.15) is 0 Å². The Hall–Kier alpha value is -4.58. The van der Waals surface area contributed by atoms with Gasteiger partial charge in [-0.3, -0.25) is 9.59 Å². The number of nitrogens with one attached hydrogen (secondary N) is 1. The Balaban J connectivity index is 1.48. The quantitative estimate of drug-likeness (QED) is 0.313. The zero-order valence-corrected chi connectivity index (χ0v) is 18.6. The molecule has 1 heterocycles. The summed E-state index contributed by atoms with van der Waals surface area (Å²) in [6, 6.07) is 30.7. The molecule has 1 amide bonds. The Kier molecular flexibility index (Phi) is 5.70. The molecule has 5 rings (SSSR count). The van der Waals surface area contributed by atoms with Crippen LogP contribution in [0.15, 0.2) is 107 Å². The molecule has 0 aliphatic carbocycles. The molecule has 0 saturated carbocycles. The van der Waals surface area contributed by atoms with Gasteiger partial charge >= 0.3 is 0 Å². The van der Waals surface area contributed by atoms with Gasteiger partial charge in [0, 0.05) is 5.39 Å². The van der Waals surface area contributed by atoms with Gasteiger partial charge in [0.25, 0.3) is 11.5 Å². The Morgan fingerprint density at radius 1 is 0.853 bits per heavy atom. The summed E-state index contributed by atoms with van der Waals surface area (Å²) < 4.78 is 1.33. The van der Waals surface area contributed by atoms with Gasteiger partial charge in [-0.05, 0) is 41.0 Å². The summed E-state index contributed by atoms with van der Waals surface area (Å²) in [5, 5.41) is 11.9. The lowest BCUT2D eigenvalue weighted by Gasteiger charge is -2.11. The second-order valence-corrected chi connectivity index (χ2v) is 8.04. The van der Waals surface area contributed by atoms with Crippen LogP contribution in [0, 0.1) is 0 Å². The van der Waals surface area contributed by atoms with Crippen LogP contribution in [0.1, 0.15) is 28.5 Å². The number of hydrogen-bond acceptors (Lipinski definition) is 4. The van der Waals surface area contributed by atoms with Gasteiger partial charge in [0.05, 0.1) is 17.6 Å². The van der Waals surface area contributed by atoms with Gasteiger partial charge in [0.15, 0.2) is 5.69 Å². The molecule has 5 aromatic rings. The Labute approximate surface area is 196 Å². The van der Waals surface area contributed by atoms with Crippen LogP contribution in [-0.4, -0.2) is 21.4 Å². The first-order chi connectivity index (χ1) is 16.6. The Bertz CT molecular complexity index is 1600. The normalized spacial score (nSPS) is 11.6. The van der Waals surface area contributed by atoms with E-state index < -0.39 is 5.91 Å². The van der Waals surface area contributed by atoms with Crippen LogP contribution < -0.4 is 11.0 Å². The first-order valence-electron chi connectivity index (χ1n) is 11.0. The summed E-state index contributed by atoms with van der Waals surface area (Å²) in [4.78, 5) is 26.1.